The van der Waals surface area contributed by atoms with Crippen molar-refractivity contribution in [3.63, 3.8) is 0 Å². The van der Waals surface area contributed by atoms with E-state index in [2.05, 4.69) is 5.32 Å². The van der Waals surface area contributed by atoms with Crippen molar-refractivity contribution in [1.82, 2.24) is 10.2 Å². The van der Waals surface area contributed by atoms with Crippen LogP contribution in [0.25, 0.3) is 0 Å². The molecule has 2 amide bonds. The Labute approximate surface area is 94.6 Å². The first-order valence-corrected chi connectivity index (χ1v) is 5.43. The summed E-state index contributed by atoms with van der Waals surface area (Å²) in [7, 11) is 0. The number of carboxylic acid groups (broad SMARTS) is 1. The van der Waals surface area contributed by atoms with Gasteiger partial charge in [0.25, 0.3) is 0 Å². The molecule has 16 heavy (non-hydrogen) atoms. The molecule has 1 fully saturated rings. The maximum Gasteiger partial charge on any atom is 0.408 e. The summed E-state index contributed by atoms with van der Waals surface area (Å²) in [6, 6.07) is 0. The van der Waals surface area contributed by atoms with Crippen LogP contribution in [0.3, 0.4) is 0 Å². The molecule has 1 atom stereocenters. The van der Waals surface area contributed by atoms with Gasteiger partial charge in [-0.15, -0.1) is 0 Å². The lowest BCUT2D eigenvalue weighted by Crippen LogP contribution is -2.46. The third kappa shape index (κ3) is 3.60. The topological polar surface area (TPSA) is 78.9 Å². The molecule has 0 aromatic rings. The number of nitrogens with zero attached hydrogens (tertiary/aromatic N) is 1. The molecular weight excluding hydrogens is 212 g/mol. The molecule has 1 saturated heterocycles. The fourth-order valence-corrected chi connectivity index (χ4v) is 1.57. The van der Waals surface area contributed by atoms with Gasteiger partial charge in [-0.1, -0.05) is 13.8 Å². The van der Waals surface area contributed by atoms with Crippen molar-refractivity contribution >= 4 is 12.2 Å². The van der Waals surface area contributed by atoms with Gasteiger partial charge in [-0.2, -0.15) is 0 Å². The van der Waals surface area contributed by atoms with Crippen LogP contribution < -0.4 is 5.32 Å². The SMILES string of the molecule is CC(C)COC(=O)NC1CCCN1C(=O)O. The van der Waals surface area contributed by atoms with Gasteiger partial charge in [0.15, 0.2) is 0 Å². The molecule has 6 nitrogen and oxygen atoms in total. The quantitative estimate of drug-likeness (QED) is 0.769. The van der Waals surface area contributed by atoms with Crippen molar-refractivity contribution in [2.45, 2.75) is 32.9 Å². The summed E-state index contributed by atoms with van der Waals surface area (Å²) in [5.41, 5.74) is 0. The molecule has 0 spiro atoms. The molecule has 92 valence electrons. The molecule has 0 saturated carbocycles. The van der Waals surface area contributed by atoms with Gasteiger partial charge in [0.05, 0.1) is 6.61 Å². The van der Waals surface area contributed by atoms with Gasteiger partial charge in [-0.25, -0.2) is 9.59 Å². The van der Waals surface area contributed by atoms with Crippen molar-refractivity contribution in [2.75, 3.05) is 13.2 Å². The summed E-state index contributed by atoms with van der Waals surface area (Å²) < 4.78 is 4.92. The molecular formula is C10H18N2O4. The Bertz CT molecular complexity index is 268. The first-order chi connectivity index (χ1) is 7.50. The second-order valence-corrected chi connectivity index (χ2v) is 4.27. The molecule has 2 N–H and O–H groups in total. The molecule has 0 aromatic heterocycles. The number of amides is 2. The van der Waals surface area contributed by atoms with E-state index < -0.39 is 18.4 Å². The normalized spacial score (nSPS) is 19.9. The summed E-state index contributed by atoms with van der Waals surface area (Å²) in [6.45, 7) is 4.68. The van der Waals surface area contributed by atoms with Crippen molar-refractivity contribution < 1.29 is 19.4 Å². The Balaban J connectivity index is 2.35. The summed E-state index contributed by atoms with van der Waals surface area (Å²) >= 11 is 0. The number of nitrogens with one attached hydrogen (secondary N) is 1. The lowest BCUT2D eigenvalue weighted by Gasteiger charge is -2.22. The molecule has 1 unspecified atom stereocenters. The minimum Gasteiger partial charge on any atom is -0.465 e. The van der Waals surface area contributed by atoms with E-state index in [1.54, 1.807) is 0 Å². The van der Waals surface area contributed by atoms with Gasteiger partial charge in [0, 0.05) is 6.54 Å². The Hall–Kier alpha value is -1.46. The average molecular weight is 230 g/mol. The van der Waals surface area contributed by atoms with E-state index in [1.807, 2.05) is 13.8 Å². The van der Waals surface area contributed by atoms with Crippen LogP contribution in [0.2, 0.25) is 0 Å². The minimum absolute atomic E-state index is 0.268. The summed E-state index contributed by atoms with van der Waals surface area (Å²) in [5.74, 6) is 0.268. The summed E-state index contributed by atoms with van der Waals surface area (Å²) in [6.07, 6.45) is -0.597. The number of carbonyl (C=O) groups excluding carboxylic acids is 1. The number of likely N-dealkylation sites (tertiary alicyclic amines) is 1. The Kier molecular flexibility index (Phi) is 4.39. The highest BCUT2D eigenvalue weighted by molar-refractivity contribution is 5.70. The van der Waals surface area contributed by atoms with Crippen LogP contribution in [-0.2, 0) is 4.74 Å². The largest absolute Gasteiger partial charge is 0.465 e. The Morgan fingerprint density at radius 3 is 2.81 bits per heavy atom. The standard InChI is InChI=1S/C10H18N2O4/c1-7(2)6-16-9(13)11-8-4-3-5-12(8)10(14)15/h7-8H,3-6H2,1-2H3,(H,11,13)(H,14,15). The van der Waals surface area contributed by atoms with Crippen molar-refractivity contribution in [3.8, 4) is 0 Å². The van der Waals surface area contributed by atoms with Crippen molar-refractivity contribution in [3.05, 3.63) is 0 Å². The van der Waals surface area contributed by atoms with E-state index in [4.69, 9.17) is 9.84 Å². The zero-order chi connectivity index (χ0) is 12.1. The molecule has 6 heteroatoms. The zero-order valence-corrected chi connectivity index (χ0v) is 9.60. The van der Waals surface area contributed by atoms with Gasteiger partial charge < -0.3 is 15.2 Å². The van der Waals surface area contributed by atoms with Gasteiger partial charge >= 0.3 is 12.2 Å². The highest BCUT2D eigenvalue weighted by Gasteiger charge is 2.29. The third-order valence-electron chi connectivity index (χ3n) is 2.33. The first kappa shape index (κ1) is 12.6. The summed E-state index contributed by atoms with van der Waals surface area (Å²) in [5, 5.41) is 11.4. The van der Waals surface area contributed by atoms with E-state index in [0.29, 0.717) is 19.6 Å². The number of hydrogen-bond donors (Lipinski definition) is 2. The van der Waals surface area contributed by atoms with Crippen molar-refractivity contribution in [1.29, 1.82) is 0 Å². The molecule has 0 bridgehead atoms. The van der Waals surface area contributed by atoms with Gasteiger partial charge in [0.2, 0.25) is 0 Å². The monoisotopic (exact) mass is 230 g/mol. The highest BCUT2D eigenvalue weighted by Crippen LogP contribution is 2.14. The van der Waals surface area contributed by atoms with Crippen LogP contribution in [0, 0.1) is 5.92 Å². The fraction of sp³-hybridized carbons (Fsp3) is 0.800. The van der Waals surface area contributed by atoms with Gasteiger partial charge in [-0.05, 0) is 18.8 Å². The predicted octanol–water partition coefficient (Wildman–Crippen LogP) is 1.47. The number of hydrogen-bond acceptors (Lipinski definition) is 3. The van der Waals surface area contributed by atoms with Gasteiger partial charge in [-0.3, -0.25) is 4.90 Å². The van der Waals surface area contributed by atoms with E-state index in [1.165, 1.54) is 4.90 Å². The lowest BCUT2D eigenvalue weighted by molar-refractivity contribution is 0.108. The molecule has 0 aliphatic carbocycles. The van der Waals surface area contributed by atoms with E-state index in [9.17, 15) is 9.59 Å². The van der Waals surface area contributed by atoms with Crippen LogP contribution in [-0.4, -0.2) is 41.5 Å². The van der Waals surface area contributed by atoms with Gasteiger partial charge in [0.1, 0.15) is 6.17 Å². The number of carbonyl (C=O) groups is 2. The summed E-state index contributed by atoms with van der Waals surface area (Å²) in [4.78, 5) is 23.3. The van der Waals surface area contributed by atoms with Crippen LogP contribution in [0.1, 0.15) is 26.7 Å². The predicted molar refractivity (Wildman–Crippen MR) is 57.1 cm³/mol. The third-order valence-corrected chi connectivity index (χ3v) is 2.33. The zero-order valence-electron chi connectivity index (χ0n) is 9.60. The second-order valence-electron chi connectivity index (χ2n) is 4.27. The van der Waals surface area contributed by atoms with Crippen LogP contribution in [0.4, 0.5) is 9.59 Å². The maximum atomic E-state index is 11.3. The first-order valence-electron chi connectivity index (χ1n) is 5.43. The van der Waals surface area contributed by atoms with Crippen LogP contribution >= 0.6 is 0 Å². The van der Waals surface area contributed by atoms with Crippen molar-refractivity contribution in [2.24, 2.45) is 5.92 Å². The van der Waals surface area contributed by atoms with E-state index >= 15 is 0 Å². The number of ether oxygens (including phenoxy) is 1. The number of alkyl carbamates (subject to hydrolysis) is 1. The minimum atomic E-state index is -1.01. The molecule has 0 radical (unpaired) electrons. The fourth-order valence-electron chi connectivity index (χ4n) is 1.57. The number of rotatable bonds is 3. The average Bonchev–Trinajstić information content (AvgIpc) is 2.62. The smallest absolute Gasteiger partial charge is 0.408 e. The Morgan fingerprint density at radius 1 is 1.56 bits per heavy atom. The van der Waals surface area contributed by atoms with Crippen LogP contribution in [0.15, 0.2) is 0 Å². The van der Waals surface area contributed by atoms with Crippen LogP contribution in [0.5, 0.6) is 0 Å². The molecule has 1 aliphatic heterocycles. The Morgan fingerprint density at radius 2 is 2.25 bits per heavy atom. The molecule has 1 rings (SSSR count). The molecule has 1 heterocycles. The second kappa shape index (κ2) is 5.58. The van der Waals surface area contributed by atoms with E-state index in [0.717, 1.165) is 6.42 Å². The molecule has 1 aliphatic rings. The molecule has 0 aromatic carbocycles. The maximum absolute atomic E-state index is 11.3. The highest BCUT2D eigenvalue weighted by atomic mass is 16.5. The van der Waals surface area contributed by atoms with E-state index in [-0.39, 0.29) is 5.92 Å². The lowest BCUT2D eigenvalue weighted by atomic mass is 10.2.